The lowest BCUT2D eigenvalue weighted by Crippen LogP contribution is -2.31. The molecule has 9 nitrogen and oxygen atoms in total. The Morgan fingerprint density at radius 2 is 1.97 bits per heavy atom. The van der Waals surface area contributed by atoms with Crippen LogP contribution in [-0.2, 0) is 14.3 Å². The summed E-state index contributed by atoms with van der Waals surface area (Å²) in [6.45, 7) is 4.45. The van der Waals surface area contributed by atoms with Gasteiger partial charge in [0, 0.05) is 30.8 Å². The topological polar surface area (TPSA) is 123 Å². The summed E-state index contributed by atoms with van der Waals surface area (Å²) in [6, 6.07) is 7.45. The average molecular weight is 414 g/mol. The van der Waals surface area contributed by atoms with Gasteiger partial charge < -0.3 is 19.2 Å². The first-order chi connectivity index (χ1) is 14.3. The highest BCUT2D eigenvalue weighted by atomic mass is 16.6. The highest BCUT2D eigenvalue weighted by Gasteiger charge is 2.47. The second kappa shape index (κ2) is 8.91. The number of aliphatic hydroxyl groups is 1. The van der Waals surface area contributed by atoms with Crippen LogP contribution in [0.2, 0.25) is 0 Å². The molecule has 0 spiro atoms. The van der Waals surface area contributed by atoms with Crippen molar-refractivity contribution in [3.8, 4) is 0 Å². The van der Waals surface area contributed by atoms with Crippen LogP contribution in [0.4, 0.5) is 5.69 Å². The van der Waals surface area contributed by atoms with Crippen molar-refractivity contribution in [2.75, 3.05) is 13.2 Å². The van der Waals surface area contributed by atoms with E-state index in [-0.39, 0.29) is 29.5 Å². The Balaban J connectivity index is 1.97. The standard InChI is InChI=1S/C21H22N2O7/c1-13(2)29-12-4-10-22-18(16-5-3-11-30-16)17(20(25)21(22)26)19(24)14-6-8-15(9-7-14)23(27)28/h3,5-9,11,13,18,24H,4,10,12H2,1-2H3/b19-17-. The van der Waals surface area contributed by atoms with Crippen LogP contribution < -0.4 is 0 Å². The van der Waals surface area contributed by atoms with Crippen LogP contribution in [0, 0.1) is 10.1 Å². The van der Waals surface area contributed by atoms with Crippen LogP contribution in [0.1, 0.15) is 37.6 Å². The number of nitro groups is 1. The van der Waals surface area contributed by atoms with E-state index >= 15 is 0 Å². The summed E-state index contributed by atoms with van der Waals surface area (Å²) in [5.74, 6) is -1.66. The molecule has 0 saturated carbocycles. The van der Waals surface area contributed by atoms with Crippen LogP contribution in [0.3, 0.4) is 0 Å². The third-order valence-corrected chi connectivity index (χ3v) is 4.70. The molecule has 0 bridgehead atoms. The van der Waals surface area contributed by atoms with E-state index in [1.807, 2.05) is 13.8 Å². The molecule has 0 radical (unpaired) electrons. The minimum Gasteiger partial charge on any atom is -0.507 e. The number of carbonyl (C=O) groups excluding carboxylic acids is 2. The number of benzene rings is 1. The van der Waals surface area contributed by atoms with Gasteiger partial charge in [-0.3, -0.25) is 19.7 Å². The number of non-ortho nitro benzene ring substituents is 1. The van der Waals surface area contributed by atoms with Gasteiger partial charge in [0.1, 0.15) is 17.6 Å². The highest BCUT2D eigenvalue weighted by molar-refractivity contribution is 6.46. The molecule has 30 heavy (non-hydrogen) atoms. The third-order valence-electron chi connectivity index (χ3n) is 4.70. The van der Waals surface area contributed by atoms with Crippen molar-refractivity contribution in [3.63, 3.8) is 0 Å². The highest BCUT2D eigenvalue weighted by Crippen LogP contribution is 2.39. The zero-order valence-corrected chi connectivity index (χ0v) is 16.6. The maximum Gasteiger partial charge on any atom is 0.295 e. The van der Waals surface area contributed by atoms with Gasteiger partial charge in [0.05, 0.1) is 22.9 Å². The van der Waals surface area contributed by atoms with Crippen molar-refractivity contribution in [2.45, 2.75) is 32.4 Å². The summed E-state index contributed by atoms with van der Waals surface area (Å²) in [6.07, 6.45) is 1.96. The van der Waals surface area contributed by atoms with Crippen LogP contribution in [-0.4, -0.2) is 45.9 Å². The fourth-order valence-corrected chi connectivity index (χ4v) is 3.30. The molecule has 158 valence electrons. The first-order valence-corrected chi connectivity index (χ1v) is 9.49. The van der Waals surface area contributed by atoms with E-state index in [4.69, 9.17) is 9.15 Å². The Kier molecular flexibility index (Phi) is 6.31. The largest absolute Gasteiger partial charge is 0.507 e. The lowest BCUT2D eigenvalue weighted by Gasteiger charge is -2.23. The number of nitrogens with zero attached hydrogens (tertiary/aromatic N) is 2. The number of Topliss-reactive ketones (excluding diaryl/α,β-unsaturated/α-hetero) is 1. The maximum absolute atomic E-state index is 12.8. The van der Waals surface area contributed by atoms with Gasteiger partial charge in [0.15, 0.2) is 0 Å². The second-order valence-electron chi connectivity index (χ2n) is 7.08. The second-order valence-corrected chi connectivity index (χ2v) is 7.08. The smallest absolute Gasteiger partial charge is 0.295 e. The first kappa shape index (κ1) is 21.3. The summed E-state index contributed by atoms with van der Waals surface area (Å²) < 4.78 is 10.9. The van der Waals surface area contributed by atoms with Crippen molar-refractivity contribution >= 4 is 23.1 Å². The van der Waals surface area contributed by atoms with Gasteiger partial charge in [-0.1, -0.05) is 0 Å². The fourth-order valence-electron chi connectivity index (χ4n) is 3.30. The van der Waals surface area contributed by atoms with Crippen LogP contribution in [0.25, 0.3) is 5.76 Å². The van der Waals surface area contributed by atoms with Gasteiger partial charge in [0.25, 0.3) is 17.4 Å². The molecule has 1 aromatic heterocycles. The molecular formula is C21H22N2O7. The molecule has 1 unspecified atom stereocenters. The predicted molar refractivity (Wildman–Crippen MR) is 107 cm³/mol. The number of amides is 1. The fraction of sp³-hybridized carbons (Fsp3) is 0.333. The molecule has 2 heterocycles. The molecule has 3 rings (SSSR count). The van der Waals surface area contributed by atoms with Crippen molar-refractivity contribution in [1.29, 1.82) is 0 Å². The summed E-state index contributed by atoms with van der Waals surface area (Å²) in [5.41, 5.74) is -0.0772. The summed E-state index contributed by atoms with van der Waals surface area (Å²) in [4.78, 5) is 37.1. The van der Waals surface area contributed by atoms with Crippen molar-refractivity contribution < 1.29 is 28.8 Å². The third kappa shape index (κ3) is 4.25. The normalized spacial score (nSPS) is 18.4. The monoisotopic (exact) mass is 414 g/mol. The number of likely N-dealkylation sites (tertiary alicyclic amines) is 1. The number of furan rings is 1. The zero-order valence-electron chi connectivity index (χ0n) is 16.6. The molecule has 1 N–H and O–H groups in total. The van der Waals surface area contributed by atoms with Crippen molar-refractivity contribution in [2.24, 2.45) is 0 Å². The molecule has 9 heteroatoms. The number of hydrogen-bond donors (Lipinski definition) is 1. The van der Waals surface area contributed by atoms with Crippen molar-refractivity contribution in [3.05, 3.63) is 69.7 Å². The van der Waals surface area contributed by atoms with Gasteiger partial charge in [-0.2, -0.15) is 0 Å². The van der Waals surface area contributed by atoms with Gasteiger partial charge in [-0.25, -0.2) is 0 Å². The van der Waals surface area contributed by atoms with Gasteiger partial charge >= 0.3 is 0 Å². The Morgan fingerprint density at radius 3 is 2.53 bits per heavy atom. The molecule has 1 aliphatic rings. The molecule has 1 fully saturated rings. The lowest BCUT2D eigenvalue weighted by molar-refractivity contribution is -0.384. The van der Waals surface area contributed by atoms with E-state index in [0.29, 0.717) is 18.8 Å². The van der Waals surface area contributed by atoms with Crippen LogP contribution in [0.5, 0.6) is 0 Å². The summed E-state index contributed by atoms with van der Waals surface area (Å²) in [5, 5.41) is 21.7. The van der Waals surface area contributed by atoms with E-state index in [1.54, 1.807) is 12.1 Å². The molecule has 1 saturated heterocycles. The Bertz CT molecular complexity index is 962. The Hall–Kier alpha value is -3.46. The summed E-state index contributed by atoms with van der Waals surface area (Å²) in [7, 11) is 0. The molecule has 1 aromatic carbocycles. The van der Waals surface area contributed by atoms with E-state index in [0.717, 1.165) is 0 Å². The number of ketones is 1. The van der Waals surface area contributed by atoms with E-state index < -0.39 is 28.4 Å². The summed E-state index contributed by atoms with van der Waals surface area (Å²) >= 11 is 0. The van der Waals surface area contributed by atoms with E-state index in [9.17, 15) is 24.8 Å². The van der Waals surface area contributed by atoms with Crippen LogP contribution in [0.15, 0.2) is 52.7 Å². The first-order valence-electron chi connectivity index (χ1n) is 9.49. The van der Waals surface area contributed by atoms with Gasteiger partial charge in [-0.15, -0.1) is 0 Å². The van der Waals surface area contributed by atoms with Gasteiger partial charge in [-0.05, 0) is 44.5 Å². The lowest BCUT2D eigenvalue weighted by atomic mass is 9.99. The minimum absolute atomic E-state index is 0.0448. The predicted octanol–water partition coefficient (Wildman–Crippen LogP) is 3.42. The van der Waals surface area contributed by atoms with Crippen molar-refractivity contribution in [1.82, 2.24) is 4.90 Å². The molecular weight excluding hydrogens is 392 g/mol. The van der Waals surface area contributed by atoms with E-state index in [2.05, 4.69) is 0 Å². The Labute approximate surface area is 172 Å². The molecule has 0 aliphatic carbocycles. The van der Waals surface area contributed by atoms with E-state index in [1.165, 1.54) is 35.4 Å². The average Bonchev–Trinajstić information content (AvgIpc) is 3.32. The minimum atomic E-state index is -0.894. The maximum atomic E-state index is 12.8. The number of nitro benzene ring substituents is 1. The quantitative estimate of drug-likeness (QED) is 0.175. The number of aliphatic hydroxyl groups excluding tert-OH is 1. The zero-order chi connectivity index (χ0) is 21.8. The number of hydrogen-bond acceptors (Lipinski definition) is 7. The molecule has 1 amide bonds. The molecule has 2 aromatic rings. The number of rotatable bonds is 8. The number of carbonyl (C=O) groups is 2. The SMILES string of the molecule is CC(C)OCCCN1C(=O)C(=O)/C(=C(\O)c2ccc([N+](=O)[O-])cc2)C1c1ccco1. The molecule has 1 aliphatic heterocycles. The number of ether oxygens (including phenoxy) is 1. The van der Waals surface area contributed by atoms with Gasteiger partial charge in [0.2, 0.25) is 0 Å². The van der Waals surface area contributed by atoms with Crippen LogP contribution >= 0.6 is 0 Å². The molecule has 1 atom stereocenters. The Morgan fingerprint density at radius 1 is 1.27 bits per heavy atom.